The molecule has 10 heteroatoms. The lowest BCUT2D eigenvalue weighted by atomic mass is 9.97. The highest BCUT2D eigenvalue weighted by atomic mass is 32.1. The summed E-state index contributed by atoms with van der Waals surface area (Å²) >= 11 is 1.51. The van der Waals surface area contributed by atoms with Crippen LogP contribution in [0.25, 0.3) is 10.3 Å². The summed E-state index contributed by atoms with van der Waals surface area (Å²) in [5, 5.41) is 22.9. The molecule has 2 aliphatic heterocycles. The van der Waals surface area contributed by atoms with E-state index in [0.717, 1.165) is 35.4 Å². The number of thiazole rings is 1. The number of hydrogen-bond donors (Lipinski definition) is 3. The van der Waals surface area contributed by atoms with Crippen LogP contribution in [0.3, 0.4) is 0 Å². The summed E-state index contributed by atoms with van der Waals surface area (Å²) < 4.78 is 0. The monoisotopic (exact) mass is 409 g/mol. The van der Waals surface area contributed by atoms with E-state index in [1.165, 1.54) is 24.2 Å². The van der Waals surface area contributed by atoms with Crippen molar-refractivity contribution in [2.24, 2.45) is 0 Å². The second-order valence-corrected chi connectivity index (χ2v) is 8.64. The predicted molar refractivity (Wildman–Crippen MR) is 112 cm³/mol. The van der Waals surface area contributed by atoms with Gasteiger partial charge in [-0.25, -0.2) is 9.97 Å². The van der Waals surface area contributed by atoms with E-state index >= 15 is 0 Å². The number of nitriles is 1. The number of nitrogens with zero attached hydrogens (tertiary/aromatic N) is 6. The molecule has 2 fully saturated rings. The van der Waals surface area contributed by atoms with Crippen molar-refractivity contribution in [2.75, 3.05) is 17.2 Å². The molecule has 150 valence electrons. The van der Waals surface area contributed by atoms with Crippen molar-refractivity contribution in [2.45, 2.75) is 57.2 Å². The fraction of sp³-hybridized carbons (Fsp3) is 0.526. The number of aromatic amines is 1. The standard InChI is InChI=1S/C19H23N9S/c1-11-7-15(27-26-11)23-17-16-18(29-10-21-16)25-19(24-17)22-12-8-13-3-4-14(9-12)28(13)6-2-5-20/h7,10,12-14H,2-4,6,8-9H2,1H3,(H3,22,23,24,25,26,27)/t12?,13-,14+. The number of aromatic nitrogens is 5. The van der Waals surface area contributed by atoms with E-state index in [2.05, 4.69) is 41.8 Å². The molecular formula is C19H23N9S. The first-order valence-corrected chi connectivity index (χ1v) is 10.9. The summed E-state index contributed by atoms with van der Waals surface area (Å²) in [6.45, 7) is 2.85. The largest absolute Gasteiger partial charge is 0.351 e. The number of piperidine rings is 1. The first-order chi connectivity index (χ1) is 14.2. The van der Waals surface area contributed by atoms with Crippen molar-refractivity contribution in [3.05, 3.63) is 17.3 Å². The van der Waals surface area contributed by atoms with Gasteiger partial charge in [0.25, 0.3) is 0 Å². The molecule has 0 spiro atoms. The molecule has 29 heavy (non-hydrogen) atoms. The van der Waals surface area contributed by atoms with Crippen LogP contribution in [0.15, 0.2) is 11.6 Å². The van der Waals surface area contributed by atoms with Crippen LogP contribution in [-0.4, -0.2) is 54.7 Å². The van der Waals surface area contributed by atoms with E-state index < -0.39 is 0 Å². The van der Waals surface area contributed by atoms with Crippen LogP contribution in [0.5, 0.6) is 0 Å². The summed E-state index contributed by atoms with van der Waals surface area (Å²) in [7, 11) is 0. The van der Waals surface area contributed by atoms with Gasteiger partial charge in [0.05, 0.1) is 11.6 Å². The molecule has 2 saturated heterocycles. The second-order valence-electron chi connectivity index (χ2n) is 7.81. The van der Waals surface area contributed by atoms with Crippen LogP contribution in [-0.2, 0) is 0 Å². The van der Waals surface area contributed by atoms with Gasteiger partial charge in [0.1, 0.15) is 5.52 Å². The van der Waals surface area contributed by atoms with Gasteiger partial charge in [0.15, 0.2) is 16.5 Å². The fourth-order valence-electron chi connectivity index (χ4n) is 4.64. The highest BCUT2D eigenvalue weighted by Crippen LogP contribution is 2.37. The van der Waals surface area contributed by atoms with Crippen LogP contribution in [0.2, 0.25) is 0 Å². The molecule has 5 rings (SSSR count). The van der Waals surface area contributed by atoms with Gasteiger partial charge in [0.2, 0.25) is 5.95 Å². The number of aryl methyl sites for hydroxylation is 1. The van der Waals surface area contributed by atoms with Crippen molar-refractivity contribution in [3.63, 3.8) is 0 Å². The highest BCUT2D eigenvalue weighted by Gasteiger charge is 2.40. The smallest absolute Gasteiger partial charge is 0.226 e. The minimum Gasteiger partial charge on any atom is -0.351 e. The Labute approximate surface area is 172 Å². The van der Waals surface area contributed by atoms with Crippen molar-refractivity contribution in [1.29, 1.82) is 5.26 Å². The quantitative estimate of drug-likeness (QED) is 0.568. The lowest BCUT2D eigenvalue weighted by molar-refractivity contribution is 0.135. The third-order valence-electron chi connectivity index (χ3n) is 5.85. The third-order valence-corrected chi connectivity index (χ3v) is 6.57. The maximum atomic E-state index is 8.92. The molecule has 1 unspecified atom stereocenters. The molecule has 0 radical (unpaired) electrons. The highest BCUT2D eigenvalue weighted by molar-refractivity contribution is 7.16. The van der Waals surface area contributed by atoms with Crippen molar-refractivity contribution in [3.8, 4) is 6.07 Å². The Bertz CT molecular complexity index is 1040. The summed E-state index contributed by atoms with van der Waals surface area (Å²) in [4.78, 5) is 17.2. The molecule has 0 saturated carbocycles. The maximum absolute atomic E-state index is 8.92. The summed E-state index contributed by atoms with van der Waals surface area (Å²) in [6, 6.07) is 5.66. The molecule has 3 aromatic rings. The van der Waals surface area contributed by atoms with Crippen molar-refractivity contribution < 1.29 is 0 Å². The first-order valence-electron chi connectivity index (χ1n) is 9.99. The van der Waals surface area contributed by atoms with Crippen molar-refractivity contribution >= 4 is 39.3 Å². The number of anilines is 3. The van der Waals surface area contributed by atoms with Crippen molar-refractivity contribution in [1.82, 2.24) is 30.0 Å². The van der Waals surface area contributed by atoms with Crippen LogP contribution >= 0.6 is 11.3 Å². The molecule has 3 aromatic heterocycles. The lowest BCUT2D eigenvalue weighted by Gasteiger charge is -2.38. The van der Waals surface area contributed by atoms with Crippen LogP contribution < -0.4 is 10.6 Å². The molecule has 2 aliphatic rings. The maximum Gasteiger partial charge on any atom is 0.226 e. The van der Waals surface area contributed by atoms with Gasteiger partial charge in [-0.05, 0) is 32.6 Å². The summed E-state index contributed by atoms with van der Waals surface area (Å²) in [6.07, 6.45) is 5.17. The normalized spacial score (nSPS) is 23.9. The van der Waals surface area contributed by atoms with E-state index in [1.54, 1.807) is 5.51 Å². The Balaban J connectivity index is 1.34. The fourth-order valence-corrected chi connectivity index (χ4v) is 5.29. The first kappa shape index (κ1) is 18.3. The van der Waals surface area contributed by atoms with E-state index in [0.29, 0.717) is 42.1 Å². The van der Waals surface area contributed by atoms with Gasteiger partial charge in [-0.1, -0.05) is 0 Å². The Morgan fingerprint density at radius 3 is 2.86 bits per heavy atom. The lowest BCUT2D eigenvalue weighted by Crippen LogP contribution is -2.47. The number of nitrogens with one attached hydrogen (secondary N) is 3. The third kappa shape index (κ3) is 3.63. The zero-order chi connectivity index (χ0) is 19.8. The Kier molecular flexibility index (Phi) is 4.77. The average molecular weight is 410 g/mol. The second kappa shape index (κ2) is 7.57. The SMILES string of the molecule is Cc1cc(Nc2nc(NC3C[C@H]4CC[C@@H](C3)N4CCC#N)nc3scnc23)n[nH]1. The van der Waals surface area contributed by atoms with Gasteiger partial charge >= 0.3 is 0 Å². The molecule has 3 atom stereocenters. The number of fused-ring (bicyclic) bond motifs is 3. The Morgan fingerprint density at radius 2 is 2.14 bits per heavy atom. The van der Waals surface area contributed by atoms with E-state index in [-0.39, 0.29) is 0 Å². The zero-order valence-corrected chi connectivity index (χ0v) is 17.0. The van der Waals surface area contributed by atoms with Crippen LogP contribution in [0.4, 0.5) is 17.6 Å². The molecule has 0 amide bonds. The van der Waals surface area contributed by atoms with Crippen LogP contribution in [0, 0.1) is 18.3 Å². The topological polar surface area (TPSA) is 118 Å². The van der Waals surface area contributed by atoms with Gasteiger partial charge in [0, 0.05) is 42.9 Å². The van der Waals surface area contributed by atoms with Gasteiger partial charge in [-0.2, -0.15) is 15.3 Å². The molecule has 0 aliphatic carbocycles. The molecule has 5 heterocycles. The number of hydrogen-bond acceptors (Lipinski definition) is 9. The van der Waals surface area contributed by atoms with Gasteiger partial charge in [-0.3, -0.25) is 10.00 Å². The van der Waals surface area contributed by atoms with Gasteiger partial charge in [-0.15, -0.1) is 11.3 Å². The molecular weight excluding hydrogens is 386 g/mol. The molecule has 3 N–H and O–H groups in total. The van der Waals surface area contributed by atoms with E-state index in [4.69, 9.17) is 10.2 Å². The Morgan fingerprint density at radius 1 is 1.31 bits per heavy atom. The van der Waals surface area contributed by atoms with Gasteiger partial charge < -0.3 is 10.6 Å². The van der Waals surface area contributed by atoms with Crippen LogP contribution in [0.1, 0.15) is 37.8 Å². The Hall–Kier alpha value is -2.77. The van der Waals surface area contributed by atoms with E-state index in [9.17, 15) is 0 Å². The summed E-state index contributed by atoms with van der Waals surface area (Å²) in [5.41, 5.74) is 3.53. The zero-order valence-electron chi connectivity index (χ0n) is 16.2. The number of H-pyrrole nitrogens is 1. The minimum absolute atomic E-state index is 0.344. The predicted octanol–water partition coefficient (Wildman–Crippen LogP) is 3.18. The number of rotatable bonds is 6. The average Bonchev–Trinajstić information content (AvgIpc) is 3.39. The molecule has 2 bridgehead atoms. The molecule has 9 nitrogen and oxygen atoms in total. The summed E-state index contributed by atoms with van der Waals surface area (Å²) in [5.74, 6) is 2.01. The van der Waals surface area contributed by atoms with E-state index in [1.807, 2.05) is 13.0 Å². The molecule has 0 aromatic carbocycles. The minimum atomic E-state index is 0.344.